The van der Waals surface area contributed by atoms with Crippen molar-refractivity contribution in [3.8, 4) is 16.9 Å². The number of fused-ring (bicyclic) bond motifs is 2. The summed E-state index contributed by atoms with van der Waals surface area (Å²) in [5.74, 6) is 1.64. The highest BCUT2D eigenvalue weighted by molar-refractivity contribution is 5.91. The number of aromatic amines is 1. The molecule has 1 unspecified atom stereocenters. The fraction of sp³-hybridized carbons (Fsp3) is 0.408. The molecule has 1 saturated heterocycles. The summed E-state index contributed by atoms with van der Waals surface area (Å²) >= 11 is 0. The van der Waals surface area contributed by atoms with Crippen molar-refractivity contribution in [2.75, 3.05) is 57.8 Å². The predicted molar refractivity (Wildman–Crippen MR) is 236 cm³/mol. The summed E-state index contributed by atoms with van der Waals surface area (Å²) in [6, 6.07) is 32.7. The number of hydrogen-bond acceptors (Lipinski definition) is 9. The third kappa shape index (κ3) is 11.2. The van der Waals surface area contributed by atoms with Gasteiger partial charge in [0.05, 0.1) is 36.9 Å². The average molecular weight is 828 g/mol. The Balaban J connectivity index is 0.705. The van der Waals surface area contributed by atoms with Crippen molar-refractivity contribution < 1.29 is 29.3 Å². The molecule has 4 atom stereocenters. The summed E-state index contributed by atoms with van der Waals surface area (Å²) in [5, 5.41) is 27.9. The van der Waals surface area contributed by atoms with Crippen molar-refractivity contribution in [1.82, 2.24) is 20.1 Å². The maximum absolute atomic E-state index is 13.2. The molecule has 320 valence electrons. The van der Waals surface area contributed by atoms with Gasteiger partial charge in [0.1, 0.15) is 11.9 Å². The van der Waals surface area contributed by atoms with Gasteiger partial charge in [0.15, 0.2) is 0 Å². The van der Waals surface area contributed by atoms with Gasteiger partial charge in [-0.15, -0.1) is 0 Å². The molecule has 8 rings (SSSR count). The number of ether oxygens (including phenoxy) is 2. The molecular formula is C49H57N5O7. The molecule has 2 saturated carbocycles. The smallest absolute Gasteiger partial charge is 0.411 e. The second-order valence-corrected chi connectivity index (χ2v) is 17.0. The minimum absolute atomic E-state index is 0.0464. The lowest BCUT2D eigenvalue weighted by Gasteiger charge is -2.23. The van der Waals surface area contributed by atoms with Gasteiger partial charge >= 0.3 is 6.09 Å². The van der Waals surface area contributed by atoms with Crippen LogP contribution in [-0.4, -0.2) is 95.6 Å². The average Bonchev–Trinajstić information content (AvgIpc) is 3.91. The van der Waals surface area contributed by atoms with Crippen LogP contribution in [0, 0.1) is 17.8 Å². The van der Waals surface area contributed by atoms with Gasteiger partial charge < -0.3 is 34.9 Å². The number of rotatable bonds is 19. The number of carbonyl (C=O) groups excluding carboxylic acids is 2. The number of nitrogens with zero attached hydrogens (tertiary/aromatic N) is 2. The Bertz CT molecular complexity index is 2300. The summed E-state index contributed by atoms with van der Waals surface area (Å²) in [7, 11) is 0. The molecule has 12 heteroatoms. The number of carbonyl (C=O) groups is 2. The molecule has 4 aromatic carbocycles. The summed E-state index contributed by atoms with van der Waals surface area (Å²) in [6.07, 6.45) is 3.87. The number of amides is 2. The number of aromatic nitrogens is 1. The molecule has 3 fully saturated rings. The van der Waals surface area contributed by atoms with E-state index in [0.717, 1.165) is 75.1 Å². The maximum Gasteiger partial charge on any atom is 0.411 e. The lowest BCUT2D eigenvalue weighted by molar-refractivity contribution is -0.132. The number of nitrogens with one attached hydrogen (secondary N) is 3. The van der Waals surface area contributed by atoms with Crippen LogP contribution in [0.15, 0.2) is 108 Å². The van der Waals surface area contributed by atoms with Gasteiger partial charge in [-0.3, -0.25) is 19.8 Å². The van der Waals surface area contributed by atoms with Crippen LogP contribution in [0.4, 0.5) is 10.5 Å². The van der Waals surface area contributed by atoms with E-state index >= 15 is 0 Å². The molecule has 1 aliphatic heterocycles. The van der Waals surface area contributed by atoms with E-state index in [1.54, 1.807) is 12.1 Å². The van der Waals surface area contributed by atoms with Crippen molar-refractivity contribution in [2.24, 2.45) is 17.8 Å². The number of para-hydroxylation sites is 1. The second-order valence-electron chi connectivity index (χ2n) is 17.0. The zero-order valence-electron chi connectivity index (χ0n) is 34.6. The van der Waals surface area contributed by atoms with Gasteiger partial charge in [-0.2, -0.15) is 0 Å². The number of phenolic OH excluding ortho intramolecular Hbond substituents is 1. The third-order valence-electron chi connectivity index (χ3n) is 12.4. The van der Waals surface area contributed by atoms with Crippen LogP contribution >= 0.6 is 0 Å². The van der Waals surface area contributed by atoms with Crippen molar-refractivity contribution in [3.05, 3.63) is 130 Å². The normalized spacial score (nSPS) is 19.1. The molecule has 0 bridgehead atoms. The number of pyridine rings is 1. The van der Waals surface area contributed by atoms with E-state index in [0.29, 0.717) is 66.9 Å². The standard InChI is InChI=1S/C49H57N5O7/c55-44-18-16-41(42-17-19-46(57)52-48(42)44)45(56)28-50-22-23-54(30-35-14-15-35)47(58)21-25-60-24-20-33-10-12-34(13-11-33)29-53-31-37-26-39(27-38(37)32-53)61-49(59)51-43-9-5-4-8-40(43)36-6-2-1-3-7-36/h1-13,16-19,35,37-39,45,50,55-56H,14-15,20-32H2,(H,51,59)(H,52,57)/t37-,38+,39?,45-/m0/s1. The number of anilines is 1. The first-order valence-corrected chi connectivity index (χ1v) is 21.8. The number of H-pyrrole nitrogens is 1. The summed E-state index contributed by atoms with van der Waals surface area (Å²) in [5.41, 5.74) is 5.84. The second kappa shape index (κ2) is 19.9. The molecule has 3 aliphatic rings. The van der Waals surface area contributed by atoms with Crippen molar-refractivity contribution in [3.63, 3.8) is 0 Å². The first kappa shape index (κ1) is 42.2. The fourth-order valence-electron chi connectivity index (χ4n) is 9.04. The van der Waals surface area contributed by atoms with Crippen molar-refractivity contribution in [1.29, 1.82) is 0 Å². The van der Waals surface area contributed by atoms with Crippen molar-refractivity contribution in [2.45, 2.75) is 57.3 Å². The number of hydrogen-bond donors (Lipinski definition) is 5. The largest absolute Gasteiger partial charge is 0.506 e. The van der Waals surface area contributed by atoms with E-state index in [1.807, 2.05) is 59.5 Å². The molecule has 1 aromatic heterocycles. The molecular weight excluding hydrogens is 771 g/mol. The van der Waals surface area contributed by atoms with E-state index in [4.69, 9.17) is 9.47 Å². The molecule has 5 N–H and O–H groups in total. The molecule has 61 heavy (non-hydrogen) atoms. The van der Waals surface area contributed by atoms with E-state index in [-0.39, 0.29) is 36.0 Å². The van der Waals surface area contributed by atoms with Gasteiger partial charge in [-0.05, 0) is 90.3 Å². The van der Waals surface area contributed by atoms with Crippen LogP contribution in [0.2, 0.25) is 0 Å². The maximum atomic E-state index is 13.2. The minimum atomic E-state index is -0.856. The zero-order valence-corrected chi connectivity index (χ0v) is 34.6. The Morgan fingerprint density at radius 2 is 1.61 bits per heavy atom. The highest BCUT2D eigenvalue weighted by atomic mass is 16.6. The number of aliphatic hydroxyl groups is 1. The molecule has 2 heterocycles. The Kier molecular flexibility index (Phi) is 13.8. The number of benzene rings is 4. The van der Waals surface area contributed by atoms with E-state index < -0.39 is 6.10 Å². The van der Waals surface area contributed by atoms with Crippen molar-refractivity contribution >= 4 is 28.6 Å². The summed E-state index contributed by atoms with van der Waals surface area (Å²) < 4.78 is 11.8. The van der Waals surface area contributed by atoms with Gasteiger partial charge in [0.25, 0.3) is 0 Å². The molecule has 5 aromatic rings. The Hall–Kier alpha value is -5.53. The topological polar surface area (TPSA) is 156 Å². The monoisotopic (exact) mass is 827 g/mol. The highest BCUT2D eigenvalue weighted by Gasteiger charge is 2.42. The van der Waals surface area contributed by atoms with E-state index in [2.05, 4.69) is 44.8 Å². The van der Waals surface area contributed by atoms with Crippen LogP contribution in [-0.2, 0) is 27.2 Å². The number of aliphatic hydroxyl groups excluding tert-OH is 1. The summed E-state index contributed by atoms with van der Waals surface area (Å²) in [6.45, 7) is 5.91. The number of aromatic hydroxyl groups is 1. The molecule has 0 spiro atoms. The lowest BCUT2D eigenvalue weighted by Crippen LogP contribution is -2.39. The first-order valence-electron chi connectivity index (χ1n) is 21.8. The Labute approximate surface area is 356 Å². The molecule has 2 amide bonds. The quantitative estimate of drug-likeness (QED) is 0.0561. The predicted octanol–water partition coefficient (Wildman–Crippen LogP) is 6.87. The first-order chi connectivity index (χ1) is 29.8. The van der Waals surface area contributed by atoms with Crippen LogP contribution in [0.25, 0.3) is 22.0 Å². The lowest BCUT2D eigenvalue weighted by atomic mass is 10.0. The van der Waals surface area contributed by atoms with E-state index in [9.17, 15) is 24.6 Å². The SMILES string of the molecule is O=C(Nc1ccccc1-c1ccccc1)OC1C[C@@H]2CN(Cc3ccc(CCOCCC(=O)N(CCNC[C@H](O)c4ccc(O)c5[nH]c(=O)ccc45)CC4CC4)cc3)C[C@@H]2C1. The van der Waals surface area contributed by atoms with E-state index in [1.165, 1.54) is 23.3 Å². The number of phenols is 1. The van der Waals surface area contributed by atoms with Gasteiger partial charge in [0, 0.05) is 62.8 Å². The number of likely N-dealkylation sites (tertiary alicyclic amines) is 1. The molecule has 0 radical (unpaired) electrons. The molecule has 2 aliphatic carbocycles. The minimum Gasteiger partial charge on any atom is -0.506 e. The van der Waals surface area contributed by atoms with Crippen LogP contribution in [0.3, 0.4) is 0 Å². The van der Waals surface area contributed by atoms with Gasteiger partial charge in [0.2, 0.25) is 11.5 Å². The van der Waals surface area contributed by atoms with Crippen LogP contribution in [0.1, 0.15) is 54.9 Å². The van der Waals surface area contributed by atoms with Crippen LogP contribution in [0.5, 0.6) is 5.75 Å². The highest BCUT2D eigenvalue weighted by Crippen LogP contribution is 2.40. The van der Waals surface area contributed by atoms with Gasteiger partial charge in [-0.25, -0.2) is 4.79 Å². The Morgan fingerprint density at radius 3 is 2.38 bits per heavy atom. The molecule has 12 nitrogen and oxygen atoms in total. The van der Waals surface area contributed by atoms with Gasteiger partial charge in [-0.1, -0.05) is 78.9 Å². The van der Waals surface area contributed by atoms with Crippen LogP contribution < -0.4 is 16.2 Å². The summed E-state index contributed by atoms with van der Waals surface area (Å²) in [4.78, 5) is 44.9. The zero-order chi connectivity index (χ0) is 42.1. The third-order valence-corrected chi connectivity index (χ3v) is 12.4. The Morgan fingerprint density at radius 1 is 0.869 bits per heavy atom. The fourth-order valence-corrected chi connectivity index (χ4v) is 9.04.